The van der Waals surface area contributed by atoms with Gasteiger partial charge in [-0.05, 0) is 19.8 Å². The molecule has 0 N–H and O–H groups in total. The van der Waals surface area contributed by atoms with Gasteiger partial charge in [-0.3, -0.25) is 0 Å². The van der Waals surface area contributed by atoms with E-state index in [9.17, 15) is 26.3 Å². The van der Waals surface area contributed by atoms with Gasteiger partial charge in [-0.15, -0.1) is 0 Å². The molecule has 2 atom stereocenters. The molecule has 0 spiro atoms. The van der Waals surface area contributed by atoms with Crippen LogP contribution in [0.1, 0.15) is 26.7 Å². The summed E-state index contributed by atoms with van der Waals surface area (Å²) in [6, 6.07) is 0. The van der Waals surface area contributed by atoms with Crippen molar-refractivity contribution >= 4 is 0 Å². The van der Waals surface area contributed by atoms with Crippen molar-refractivity contribution < 1.29 is 31.1 Å². The van der Waals surface area contributed by atoms with Crippen LogP contribution in [0.25, 0.3) is 0 Å². The summed E-state index contributed by atoms with van der Waals surface area (Å²) >= 11 is 0. The maximum absolute atomic E-state index is 12.6. The largest absolute Gasteiger partial charge is 0.417 e. The van der Waals surface area contributed by atoms with Crippen LogP contribution in [-0.4, -0.2) is 24.6 Å². The molecule has 1 unspecified atom stereocenters. The fourth-order valence-electron chi connectivity index (χ4n) is 1.81. The minimum Gasteiger partial charge on any atom is -0.366 e. The molecule has 1 fully saturated rings. The summed E-state index contributed by atoms with van der Waals surface area (Å²) in [6.07, 6.45) is -11.0. The van der Waals surface area contributed by atoms with E-state index in [2.05, 4.69) is 4.74 Å². The maximum atomic E-state index is 12.6. The Morgan fingerprint density at radius 2 is 1.44 bits per heavy atom. The molecule has 0 amide bonds. The topological polar surface area (TPSA) is 9.23 Å². The average Bonchev–Trinajstić information content (AvgIpc) is 1.99. The number of hydrogen-bond donors (Lipinski definition) is 0. The number of hydrogen-bond acceptors (Lipinski definition) is 1. The predicted molar refractivity (Wildman–Crippen MR) is 43.8 cm³/mol. The van der Waals surface area contributed by atoms with Gasteiger partial charge in [0.15, 0.2) is 5.60 Å². The minimum absolute atomic E-state index is 0.442. The molecule has 0 aromatic rings. The monoisotopic (exact) mass is 250 g/mol. The first-order chi connectivity index (χ1) is 6.91. The van der Waals surface area contributed by atoms with Crippen LogP contribution in [0.2, 0.25) is 0 Å². The Morgan fingerprint density at radius 3 is 1.81 bits per heavy atom. The molecule has 1 rings (SSSR count). The van der Waals surface area contributed by atoms with Gasteiger partial charge in [0.05, 0.1) is 5.41 Å². The molecule has 1 aliphatic rings. The van der Waals surface area contributed by atoms with Gasteiger partial charge in [-0.25, -0.2) is 0 Å². The molecule has 0 bridgehead atoms. The van der Waals surface area contributed by atoms with Crippen molar-refractivity contribution in [1.82, 2.24) is 0 Å². The average molecular weight is 250 g/mol. The Labute approximate surface area is 88.8 Å². The summed E-state index contributed by atoms with van der Waals surface area (Å²) in [5, 5.41) is 0. The summed E-state index contributed by atoms with van der Waals surface area (Å²) in [4.78, 5) is 0. The fourth-order valence-corrected chi connectivity index (χ4v) is 1.81. The second kappa shape index (κ2) is 3.51. The lowest BCUT2D eigenvalue weighted by atomic mass is 9.74. The first kappa shape index (κ1) is 13.6. The van der Waals surface area contributed by atoms with Crippen molar-refractivity contribution in [1.29, 1.82) is 0 Å². The van der Waals surface area contributed by atoms with E-state index in [1.165, 1.54) is 0 Å². The SMILES string of the molecule is CC1(C(F)(F)F)C[C@](C)(C(F)(F)F)CCO1. The van der Waals surface area contributed by atoms with Crippen LogP contribution in [-0.2, 0) is 4.74 Å². The van der Waals surface area contributed by atoms with Crippen LogP contribution in [0.4, 0.5) is 26.3 Å². The zero-order valence-corrected chi connectivity index (χ0v) is 8.80. The van der Waals surface area contributed by atoms with E-state index in [1.807, 2.05) is 0 Å². The maximum Gasteiger partial charge on any atom is 0.417 e. The number of ether oxygens (including phenoxy) is 1. The Bertz CT molecular complexity index is 244. The molecule has 1 aliphatic heterocycles. The highest BCUT2D eigenvalue weighted by molar-refractivity contribution is 4.97. The van der Waals surface area contributed by atoms with Crippen molar-refractivity contribution in [2.45, 2.75) is 44.6 Å². The molecule has 1 saturated heterocycles. The Balaban J connectivity index is 2.98. The van der Waals surface area contributed by atoms with Crippen molar-refractivity contribution in [3.63, 3.8) is 0 Å². The first-order valence-electron chi connectivity index (χ1n) is 4.69. The minimum atomic E-state index is -4.79. The van der Waals surface area contributed by atoms with E-state index in [1.54, 1.807) is 0 Å². The van der Waals surface area contributed by atoms with Gasteiger partial charge >= 0.3 is 12.4 Å². The Kier molecular flexibility index (Phi) is 2.99. The van der Waals surface area contributed by atoms with Gasteiger partial charge in [-0.2, -0.15) is 26.3 Å². The number of alkyl halides is 6. The number of halogens is 6. The summed E-state index contributed by atoms with van der Waals surface area (Å²) in [5.74, 6) is 0. The van der Waals surface area contributed by atoms with Gasteiger partial charge in [0, 0.05) is 6.61 Å². The van der Waals surface area contributed by atoms with Crippen LogP contribution < -0.4 is 0 Å². The van der Waals surface area contributed by atoms with E-state index in [-0.39, 0.29) is 0 Å². The van der Waals surface area contributed by atoms with Crippen molar-refractivity contribution in [2.75, 3.05) is 6.61 Å². The van der Waals surface area contributed by atoms with Crippen LogP contribution in [0.5, 0.6) is 0 Å². The highest BCUT2D eigenvalue weighted by atomic mass is 19.4. The van der Waals surface area contributed by atoms with Crippen molar-refractivity contribution in [3.05, 3.63) is 0 Å². The Morgan fingerprint density at radius 1 is 0.938 bits per heavy atom. The standard InChI is InChI=1S/C9H12F6O/c1-6(8(10,11)12)3-4-16-7(2,5-6)9(13,14)15/h3-5H2,1-2H3/t6-,7?/m1/s1. The normalized spacial score (nSPS) is 37.5. The third-order valence-electron chi connectivity index (χ3n) is 3.09. The second-order valence-electron chi connectivity index (χ2n) is 4.56. The zero-order valence-electron chi connectivity index (χ0n) is 8.80. The number of rotatable bonds is 0. The van der Waals surface area contributed by atoms with Crippen molar-refractivity contribution in [3.8, 4) is 0 Å². The molecule has 0 radical (unpaired) electrons. The van der Waals surface area contributed by atoms with E-state index in [4.69, 9.17) is 0 Å². The summed E-state index contributed by atoms with van der Waals surface area (Å²) < 4.78 is 80.1. The molecule has 7 heteroatoms. The molecule has 16 heavy (non-hydrogen) atoms. The summed E-state index contributed by atoms with van der Waals surface area (Å²) in [7, 11) is 0. The highest BCUT2D eigenvalue weighted by Crippen LogP contribution is 2.53. The lowest BCUT2D eigenvalue weighted by Gasteiger charge is -2.45. The van der Waals surface area contributed by atoms with Crippen LogP contribution in [0.3, 0.4) is 0 Å². The van der Waals surface area contributed by atoms with Gasteiger partial charge in [0.1, 0.15) is 0 Å². The van der Waals surface area contributed by atoms with E-state index < -0.39 is 42.8 Å². The predicted octanol–water partition coefficient (Wildman–Crippen LogP) is 3.69. The molecule has 96 valence electrons. The summed E-state index contributed by atoms with van der Waals surface area (Å²) in [6.45, 7) is 0.932. The molecule has 1 nitrogen and oxygen atoms in total. The van der Waals surface area contributed by atoms with Crippen molar-refractivity contribution in [2.24, 2.45) is 5.41 Å². The Hall–Kier alpha value is -0.460. The van der Waals surface area contributed by atoms with Gasteiger partial charge in [-0.1, -0.05) is 6.92 Å². The zero-order chi connectivity index (χ0) is 12.8. The van der Waals surface area contributed by atoms with Gasteiger partial charge in [0.25, 0.3) is 0 Å². The first-order valence-corrected chi connectivity index (χ1v) is 4.69. The van der Waals surface area contributed by atoms with Crippen LogP contribution >= 0.6 is 0 Å². The van der Waals surface area contributed by atoms with Gasteiger partial charge in [0.2, 0.25) is 0 Å². The smallest absolute Gasteiger partial charge is 0.366 e. The quantitative estimate of drug-likeness (QED) is 0.596. The molecular formula is C9H12F6O. The fraction of sp³-hybridized carbons (Fsp3) is 1.00. The molecule has 0 aromatic carbocycles. The van der Waals surface area contributed by atoms with E-state index in [0.717, 1.165) is 6.92 Å². The molecule has 0 aliphatic carbocycles. The molecule has 0 saturated carbocycles. The molecule has 0 aromatic heterocycles. The van der Waals surface area contributed by atoms with Crippen LogP contribution in [0, 0.1) is 5.41 Å². The van der Waals surface area contributed by atoms with Crippen LogP contribution in [0.15, 0.2) is 0 Å². The van der Waals surface area contributed by atoms with Gasteiger partial charge < -0.3 is 4.74 Å². The third-order valence-corrected chi connectivity index (χ3v) is 3.09. The lowest BCUT2D eigenvalue weighted by Crippen LogP contribution is -2.55. The highest BCUT2D eigenvalue weighted by Gasteiger charge is 2.63. The third kappa shape index (κ3) is 2.14. The molecular weight excluding hydrogens is 238 g/mol. The second-order valence-corrected chi connectivity index (χ2v) is 4.56. The summed E-state index contributed by atoms with van der Waals surface area (Å²) in [5.41, 5.74) is -5.05. The van der Waals surface area contributed by atoms with E-state index >= 15 is 0 Å². The molecule has 1 heterocycles. The van der Waals surface area contributed by atoms with E-state index in [0.29, 0.717) is 6.92 Å². The lowest BCUT2D eigenvalue weighted by molar-refractivity contribution is -0.327.